The third kappa shape index (κ3) is 2.30. The smallest absolute Gasteiger partial charge is 0.243 e. The maximum atomic E-state index is 12.6. The molecule has 19 heavy (non-hydrogen) atoms. The lowest BCUT2D eigenvalue weighted by atomic mass is 10.1. The Morgan fingerprint density at radius 3 is 2.47 bits per heavy atom. The van der Waals surface area contributed by atoms with Crippen molar-refractivity contribution in [2.24, 2.45) is 0 Å². The lowest BCUT2D eigenvalue weighted by Crippen LogP contribution is -2.39. The van der Waals surface area contributed by atoms with Gasteiger partial charge < -0.3 is 0 Å². The largest absolute Gasteiger partial charge is 0.299 e. The van der Waals surface area contributed by atoms with Gasteiger partial charge in [0.15, 0.2) is 0 Å². The molecule has 2 heterocycles. The Morgan fingerprint density at radius 1 is 1.05 bits per heavy atom. The van der Waals surface area contributed by atoms with E-state index < -0.39 is 10.0 Å². The number of benzene rings is 1. The molecule has 2 atom stereocenters. The summed E-state index contributed by atoms with van der Waals surface area (Å²) in [7, 11) is -1.20. The van der Waals surface area contributed by atoms with Gasteiger partial charge in [-0.25, -0.2) is 8.42 Å². The highest BCUT2D eigenvalue weighted by molar-refractivity contribution is 7.89. The van der Waals surface area contributed by atoms with Crippen molar-refractivity contribution in [2.45, 2.75) is 36.2 Å². The van der Waals surface area contributed by atoms with E-state index in [2.05, 4.69) is 11.9 Å². The number of sulfonamides is 1. The first kappa shape index (κ1) is 13.1. The molecule has 0 N–H and O–H groups in total. The van der Waals surface area contributed by atoms with Gasteiger partial charge in [0, 0.05) is 25.2 Å². The molecule has 0 radical (unpaired) electrons. The van der Waals surface area contributed by atoms with Crippen LogP contribution >= 0.6 is 0 Å². The lowest BCUT2D eigenvalue weighted by molar-refractivity contribution is 0.246. The maximum Gasteiger partial charge on any atom is 0.243 e. The maximum absolute atomic E-state index is 12.6. The number of fused-ring (bicyclic) bond motifs is 2. The van der Waals surface area contributed by atoms with Crippen LogP contribution in [0.15, 0.2) is 35.2 Å². The molecular formula is C14H20N2O2S. The van der Waals surface area contributed by atoms with E-state index in [9.17, 15) is 8.42 Å². The SMILES string of the molecule is CN1C2CCC1CN(S(=O)(=O)c1ccccc1)CC2. The van der Waals surface area contributed by atoms with Crippen LogP contribution in [0.5, 0.6) is 0 Å². The van der Waals surface area contributed by atoms with Crippen LogP contribution in [-0.4, -0.2) is 49.8 Å². The van der Waals surface area contributed by atoms with E-state index in [0.29, 0.717) is 30.1 Å². The van der Waals surface area contributed by atoms with Crippen LogP contribution in [0.3, 0.4) is 0 Å². The molecule has 1 aromatic rings. The van der Waals surface area contributed by atoms with Crippen LogP contribution in [0.1, 0.15) is 19.3 Å². The van der Waals surface area contributed by atoms with Crippen molar-refractivity contribution in [3.63, 3.8) is 0 Å². The third-order valence-electron chi connectivity index (χ3n) is 4.49. The van der Waals surface area contributed by atoms with E-state index in [1.807, 2.05) is 6.07 Å². The number of hydrogen-bond donors (Lipinski definition) is 0. The fourth-order valence-electron chi connectivity index (χ4n) is 3.24. The van der Waals surface area contributed by atoms with Crippen molar-refractivity contribution in [3.05, 3.63) is 30.3 Å². The predicted molar refractivity (Wildman–Crippen MR) is 74.4 cm³/mol. The van der Waals surface area contributed by atoms with Gasteiger partial charge in [-0.2, -0.15) is 4.31 Å². The molecule has 0 spiro atoms. The van der Waals surface area contributed by atoms with Crippen molar-refractivity contribution >= 4 is 10.0 Å². The van der Waals surface area contributed by atoms with E-state index in [-0.39, 0.29) is 0 Å². The fraction of sp³-hybridized carbons (Fsp3) is 0.571. The second kappa shape index (κ2) is 4.89. The predicted octanol–water partition coefficient (Wildman–Crippen LogP) is 1.54. The van der Waals surface area contributed by atoms with E-state index >= 15 is 0 Å². The summed E-state index contributed by atoms with van der Waals surface area (Å²) in [6.45, 7) is 1.27. The summed E-state index contributed by atoms with van der Waals surface area (Å²) in [6, 6.07) is 9.71. The van der Waals surface area contributed by atoms with E-state index in [4.69, 9.17) is 0 Å². The van der Waals surface area contributed by atoms with Gasteiger partial charge in [0.1, 0.15) is 0 Å². The molecule has 0 saturated carbocycles. The monoisotopic (exact) mass is 280 g/mol. The summed E-state index contributed by atoms with van der Waals surface area (Å²) < 4.78 is 26.9. The van der Waals surface area contributed by atoms with Crippen molar-refractivity contribution in [1.82, 2.24) is 9.21 Å². The van der Waals surface area contributed by atoms with Gasteiger partial charge in [-0.05, 0) is 38.4 Å². The fourth-order valence-corrected chi connectivity index (χ4v) is 4.75. The summed E-state index contributed by atoms with van der Waals surface area (Å²) in [5.41, 5.74) is 0. The van der Waals surface area contributed by atoms with Gasteiger partial charge in [-0.15, -0.1) is 0 Å². The Hall–Kier alpha value is -0.910. The topological polar surface area (TPSA) is 40.6 Å². The van der Waals surface area contributed by atoms with E-state index in [0.717, 1.165) is 12.8 Å². The van der Waals surface area contributed by atoms with Crippen molar-refractivity contribution in [2.75, 3.05) is 20.1 Å². The highest BCUT2D eigenvalue weighted by Crippen LogP contribution is 2.30. The summed E-state index contributed by atoms with van der Waals surface area (Å²) in [6.07, 6.45) is 3.27. The standard InChI is InChI=1S/C14H20N2O2S/c1-15-12-7-8-13(15)11-16(10-9-12)19(17,18)14-5-3-2-4-6-14/h2-6,12-13H,7-11H2,1H3. The minimum Gasteiger partial charge on any atom is -0.299 e. The number of nitrogens with zero attached hydrogens (tertiary/aromatic N) is 2. The molecular weight excluding hydrogens is 260 g/mol. The van der Waals surface area contributed by atoms with Gasteiger partial charge in [0.2, 0.25) is 10.0 Å². The Balaban J connectivity index is 1.87. The van der Waals surface area contributed by atoms with Crippen LogP contribution in [0.2, 0.25) is 0 Å². The molecule has 104 valence electrons. The summed E-state index contributed by atoms with van der Waals surface area (Å²) in [5, 5.41) is 0. The minimum absolute atomic E-state index is 0.381. The first-order valence-corrected chi connectivity index (χ1v) is 8.30. The molecule has 1 aromatic carbocycles. The van der Waals surface area contributed by atoms with Crippen molar-refractivity contribution in [1.29, 1.82) is 0 Å². The number of likely N-dealkylation sites (N-methyl/N-ethyl adjacent to an activating group) is 1. The summed E-state index contributed by atoms with van der Waals surface area (Å²) in [4.78, 5) is 2.77. The zero-order chi connectivity index (χ0) is 13.5. The van der Waals surface area contributed by atoms with Crippen molar-refractivity contribution < 1.29 is 8.42 Å². The van der Waals surface area contributed by atoms with Gasteiger partial charge >= 0.3 is 0 Å². The molecule has 5 heteroatoms. The number of rotatable bonds is 2. The normalized spacial score (nSPS) is 29.3. The minimum atomic E-state index is -3.32. The van der Waals surface area contributed by atoms with Gasteiger partial charge in [-0.1, -0.05) is 18.2 Å². The molecule has 2 bridgehead atoms. The molecule has 4 nitrogen and oxygen atoms in total. The zero-order valence-corrected chi connectivity index (χ0v) is 12.0. The Bertz CT molecular complexity index is 544. The second-order valence-electron chi connectivity index (χ2n) is 5.52. The highest BCUT2D eigenvalue weighted by Gasteiger charge is 2.38. The molecule has 2 aliphatic rings. The van der Waals surface area contributed by atoms with Crippen LogP contribution in [0.25, 0.3) is 0 Å². The average molecular weight is 280 g/mol. The van der Waals surface area contributed by atoms with Gasteiger partial charge in [-0.3, -0.25) is 4.90 Å². The van der Waals surface area contributed by atoms with Crippen molar-refractivity contribution in [3.8, 4) is 0 Å². The summed E-state index contributed by atoms with van der Waals surface area (Å²) >= 11 is 0. The van der Waals surface area contributed by atoms with Gasteiger partial charge in [0.05, 0.1) is 4.90 Å². The first-order chi connectivity index (χ1) is 9.09. The summed E-state index contributed by atoms with van der Waals surface area (Å²) in [5.74, 6) is 0. The molecule has 2 fully saturated rings. The van der Waals surface area contributed by atoms with Crippen LogP contribution in [0, 0.1) is 0 Å². The molecule has 2 aliphatic heterocycles. The average Bonchev–Trinajstić information content (AvgIpc) is 2.63. The molecule has 0 aromatic heterocycles. The second-order valence-corrected chi connectivity index (χ2v) is 7.45. The van der Waals surface area contributed by atoms with Crippen LogP contribution in [0.4, 0.5) is 0 Å². The molecule has 2 saturated heterocycles. The highest BCUT2D eigenvalue weighted by atomic mass is 32.2. The lowest BCUT2D eigenvalue weighted by Gasteiger charge is -2.25. The van der Waals surface area contributed by atoms with Crippen LogP contribution < -0.4 is 0 Å². The zero-order valence-electron chi connectivity index (χ0n) is 11.2. The van der Waals surface area contributed by atoms with Gasteiger partial charge in [0.25, 0.3) is 0 Å². The quantitative estimate of drug-likeness (QED) is 0.825. The van der Waals surface area contributed by atoms with E-state index in [1.165, 1.54) is 6.42 Å². The van der Waals surface area contributed by atoms with Crippen LogP contribution in [-0.2, 0) is 10.0 Å². The molecule has 0 amide bonds. The molecule has 3 rings (SSSR count). The molecule has 2 unspecified atom stereocenters. The Kier molecular flexibility index (Phi) is 3.37. The number of hydrogen-bond acceptors (Lipinski definition) is 3. The third-order valence-corrected chi connectivity index (χ3v) is 6.37. The van der Waals surface area contributed by atoms with E-state index in [1.54, 1.807) is 28.6 Å². The molecule has 0 aliphatic carbocycles. The Labute approximate surface area is 115 Å². The first-order valence-electron chi connectivity index (χ1n) is 6.86. The Morgan fingerprint density at radius 2 is 1.74 bits per heavy atom.